The fraction of sp³-hybridized carbons (Fsp3) is 0.250. The molecule has 0 N–H and O–H groups in total. The molecule has 1 aromatic heterocycles. The Hall–Kier alpha value is -0.610. The fourth-order valence-electron chi connectivity index (χ4n) is 1.49. The van der Waals surface area contributed by atoms with Crippen LogP contribution in [-0.4, -0.2) is 11.1 Å². The van der Waals surface area contributed by atoms with Gasteiger partial charge in [0.25, 0.3) is 0 Å². The predicted octanol–water partition coefficient (Wildman–Crippen LogP) is 4.55. The highest BCUT2D eigenvalue weighted by Gasteiger charge is 2.12. The summed E-state index contributed by atoms with van der Waals surface area (Å²) in [5.41, 5.74) is 0.873. The van der Waals surface area contributed by atoms with Crippen LogP contribution in [0.2, 0.25) is 0 Å². The quantitative estimate of drug-likeness (QED) is 0.797. The molecule has 0 fully saturated rings. The van der Waals surface area contributed by atoms with Crippen LogP contribution in [0.15, 0.2) is 33.3 Å². The zero-order chi connectivity index (χ0) is 11.7. The van der Waals surface area contributed by atoms with Crippen LogP contribution in [0.4, 0.5) is 0 Å². The molecule has 2 nitrogen and oxygen atoms in total. The molecule has 0 aliphatic carbocycles. The highest BCUT2D eigenvalue weighted by atomic mass is 79.9. The monoisotopic (exact) mass is 343 g/mol. The van der Waals surface area contributed by atoms with Crippen LogP contribution in [0.1, 0.15) is 13.8 Å². The van der Waals surface area contributed by atoms with Crippen molar-refractivity contribution in [1.82, 2.24) is 4.98 Å². The van der Waals surface area contributed by atoms with Gasteiger partial charge in [-0.1, -0.05) is 22.0 Å². The summed E-state index contributed by atoms with van der Waals surface area (Å²) in [6.07, 6.45) is 1.90. The third kappa shape index (κ3) is 2.23. The van der Waals surface area contributed by atoms with E-state index in [-0.39, 0.29) is 6.10 Å². The molecule has 1 heterocycles. The largest absolute Gasteiger partial charge is 0.488 e. The summed E-state index contributed by atoms with van der Waals surface area (Å²) in [6.45, 7) is 4.01. The fourth-order valence-corrected chi connectivity index (χ4v) is 2.86. The van der Waals surface area contributed by atoms with Crippen LogP contribution in [0.25, 0.3) is 10.9 Å². The smallest absolute Gasteiger partial charge is 0.160 e. The number of fused-ring (bicyclic) bond motifs is 1. The molecule has 16 heavy (non-hydrogen) atoms. The van der Waals surface area contributed by atoms with Gasteiger partial charge < -0.3 is 4.74 Å². The molecule has 1 aromatic carbocycles. The number of nitrogens with zero attached hydrogens (tertiary/aromatic N) is 1. The van der Waals surface area contributed by atoms with E-state index in [1.807, 2.05) is 32.0 Å². The van der Waals surface area contributed by atoms with Crippen molar-refractivity contribution in [3.8, 4) is 5.75 Å². The van der Waals surface area contributed by atoms with E-state index in [0.29, 0.717) is 0 Å². The molecule has 0 spiro atoms. The Balaban J connectivity index is 2.71. The maximum Gasteiger partial charge on any atom is 0.160 e. The highest BCUT2D eigenvalue weighted by Crippen LogP contribution is 2.37. The average molecular weight is 345 g/mol. The molecule has 0 aliphatic rings. The molecule has 0 unspecified atom stereocenters. The standard InChI is InChI=1S/C12H11Br2NO/c1-7(2)16-12-10(14)6-9(13)8-4-3-5-15-11(8)12/h3-7H,1-2H3. The number of hydrogen-bond acceptors (Lipinski definition) is 2. The van der Waals surface area contributed by atoms with Gasteiger partial charge in [-0.25, -0.2) is 0 Å². The van der Waals surface area contributed by atoms with E-state index < -0.39 is 0 Å². The molecular formula is C12H11Br2NO. The van der Waals surface area contributed by atoms with Gasteiger partial charge in [0.1, 0.15) is 5.52 Å². The van der Waals surface area contributed by atoms with Crippen LogP contribution in [0.5, 0.6) is 5.75 Å². The van der Waals surface area contributed by atoms with E-state index in [4.69, 9.17) is 4.74 Å². The minimum atomic E-state index is 0.127. The summed E-state index contributed by atoms with van der Waals surface area (Å²) in [6, 6.07) is 5.92. The van der Waals surface area contributed by atoms with E-state index in [2.05, 4.69) is 36.8 Å². The van der Waals surface area contributed by atoms with E-state index >= 15 is 0 Å². The molecule has 2 aromatic rings. The molecule has 0 saturated heterocycles. The van der Waals surface area contributed by atoms with Crippen LogP contribution in [0, 0.1) is 0 Å². The van der Waals surface area contributed by atoms with Gasteiger partial charge in [0.2, 0.25) is 0 Å². The van der Waals surface area contributed by atoms with Crippen molar-refractivity contribution in [2.75, 3.05) is 0 Å². The zero-order valence-electron chi connectivity index (χ0n) is 9.00. The number of hydrogen-bond donors (Lipinski definition) is 0. The molecule has 0 radical (unpaired) electrons. The van der Waals surface area contributed by atoms with Crippen molar-refractivity contribution in [2.24, 2.45) is 0 Å². The van der Waals surface area contributed by atoms with Crippen molar-refractivity contribution in [3.05, 3.63) is 33.3 Å². The van der Waals surface area contributed by atoms with Crippen molar-refractivity contribution in [2.45, 2.75) is 20.0 Å². The second-order valence-corrected chi connectivity index (χ2v) is 5.44. The maximum absolute atomic E-state index is 5.78. The van der Waals surface area contributed by atoms with Gasteiger partial charge in [0.05, 0.1) is 10.6 Å². The number of aromatic nitrogens is 1. The molecule has 0 atom stereocenters. The molecule has 0 amide bonds. The Morgan fingerprint density at radius 2 is 2.00 bits per heavy atom. The molecule has 0 saturated carbocycles. The molecule has 84 valence electrons. The number of halogens is 2. The van der Waals surface area contributed by atoms with Crippen molar-refractivity contribution in [3.63, 3.8) is 0 Å². The van der Waals surface area contributed by atoms with Crippen LogP contribution < -0.4 is 4.74 Å². The van der Waals surface area contributed by atoms with E-state index in [1.165, 1.54) is 0 Å². The van der Waals surface area contributed by atoms with E-state index in [0.717, 1.165) is 25.6 Å². The summed E-state index contributed by atoms with van der Waals surface area (Å²) >= 11 is 7.02. The van der Waals surface area contributed by atoms with Gasteiger partial charge in [-0.3, -0.25) is 4.98 Å². The Morgan fingerprint density at radius 1 is 1.25 bits per heavy atom. The summed E-state index contributed by atoms with van der Waals surface area (Å²) in [4.78, 5) is 4.37. The summed E-state index contributed by atoms with van der Waals surface area (Å²) < 4.78 is 7.71. The lowest BCUT2D eigenvalue weighted by molar-refractivity contribution is 0.243. The Labute approximate surface area is 111 Å². The second kappa shape index (κ2) is 4.72. The predicted molar refractivity (Wildman–Crippen MR) is 72.9 cm³/mol. The second-order valence-electron chi connectivity index (χ2n) is 3.74. The first kappa shape index (κ1) is 11.9. The molecule has 0 aliphatic heterocycles. The van der Waals surface area contributed by atoms with Gasteiger partial charge in [-0.15, -0.1) is 0 Å². The zero-order valence-corrected chi connectivity index (χ0v) is 12.2. The van der Waals surface area contributed by atoms with Crippen molar-refractivity contribution in [1.29, 1.82) is 0 Å². The summed E-state index contributed by atoms with van der Waals surface area (Å²) in [5.74, 6) is 0.800. The number of ether oxygens (including phenoxy) is 1. The topological polar surface area (TPSA) is 22.1 Å². The summed E-state index contributed by atoms with van der Waals surface area (Å²) in [5, 5.41) is 1.06. The van der Waals surface area contributed by atoms with Crippen LogP contribution in [-0.2, 0) is 0 Å². The van der Waals surface area contributed by atoms with Crippen LogP contribution in [0.3, 0.4) is 0 Å². The first-order chi connectivity index (χ1) is 7.59. The van der Waals surface area contributed by atoms with E-state index in [1.54, 1.807) is 6.20 Å². The average Bonchev–Trinajstić information content (AvgIpc) is 2.24. The first-order valence-electron chi connectivity index (χ1n) is 4.99. The number of benzene rings is 1. The molecule has 2 rings (SSSR count). The highest BCUT2D eigenvalue weighted by molar-refractivity contribution is 9.11. The Kier molecular flexibility index (Phi) is 3.50. The maximum atomic E-state index is 5.78. The van der Waals surface area contributed by atoms with Gasteiger partial charge in [-0.2, -0.15) is 0 Å². The minimum absolute atomic E-state index is 0.127. The first-order valence-corrected chi connectivity index (χ1v) is 6.57. The van der Waals surface area contributed by atoms with Gasteiger partial charge in [0.15, 0.2) is 5.75 Å². The lowest BCUT2D eigenvalue weighted by Crippen LogP contribution is -2.07. The Morgan fingerprint density at radius 3 is 2.69 bits per heavy atom. The van der Waals surface area contributed by atoms with Gasteiger partial charge >= 0.3 is 0 Å². The van der Waals surface area contributed by atoms with Crippen LogP contribution >= 0.6 is 31.9 Å². The lowest BCUT2D eigenvalue weighted by atomic mass is 10.2. The van der Waals surface area contributed by atoms with Gasteiger partial charge in [0, 0.05) is 16.1 Å². The SMILES string of the molecule is CC(C)Oc1c(Br)cc(Br)c2cccnc12. The van der Waals surface area contributed by atoms with Gasteiger partial charge in [-0.05, 0) is 41.9 Å². The number of rotatable bonds is 2. The summed E-state index contributed by atoms with van der Waals surface area (Å²) in [7, 11) is 0. The third-order valence-electron chi connectivity index (χ3n) is 2.10. The molecule has 0 bridgehead atoms. The lowest BCUT2D eigenvalue weighted by Gasteiger charge is -2.14. The molecular weight excluding hydrogens is 334 g/mol. The third-order valence-corrected chi connectivity index (χ3v) is 3.35. The van der Waals surface area contributed by atoms with Crippen molar-refractivity contribution < 1.29 is 4.74 Å². The normalized spacial score (nSPS) is 11.1. The van der Waals surface area contributed by atoms with Crippen molar-refractivity contribution >= 4 is 42.8 Å². The van der Waals surface area contributed by atoms with E-state index in [9.17, 15) is 0 Å². The number of pyridine rings is 1. The minimum Gasteiger partial charge on any atom is -0.488 e. The Bertz CT molecular complexity index is 526. The molecule has 4 heteroatoms.